The molecule has 0 unspecified atom stereocenters. The van der Waals surface area contributed by atoms with Crippen LogP contribution in [-0.4, -0.2) is 25.6 Å². The van der Waals surface area contributed by atoms with Gasteiger partial charge in [0.15, 0.2) is 0 Å². The Bertz CT molecular complexity index is 422. The highest BCUT2D eigenvalue weighted by atomic mass is 32.1. The number of nitrogens with zero attached hydrogens (tertiary/aromatic N) is 3. The molecule has 0 aliphatic heterocycles. The summed E-state index contributed by atoms with van der Waals surface area (Å²) in [5, 5.41) is 11.8. The first kappa shape index (κ1) is 7.87. The second-order valence-corrected chi connectivity index (χ2v) is 2.94. The Morgan fingerprint density at radius 1 is 1.62 bits per heavy atom. The SMILES string of the molecule is O=C(O)c1noc(-c2ccns2)n1. The van der Waals surface area contributed by atoms with Crippen LogP contribution in [0, 0.1) is 0 Å². The van der Waals surface area contributed by atoms with Crippen molar-refractivity contribution in [3.8, 4) is 10.8 Å². The highest BCUT2D eigenvalue weighted by Gasteiger charge is 2.14. The van der Waals surface area contributed by atoms with E-state index in [2.05, 4.69) is 14.5 Å². The number of aromatic nitrogens is 3. The average molecular weight is 197 g/mol. The van der Waals surface area contributed by atoms with E-state index in [1.165, 1.54) is 0 Å². The van der Waals surface area contributed by atoms with Crippen molar-refractivity contribution >= 4 is 17.5 Å². The van der Waals surface area contributed by atoms with Crippen LogP contribution in [0.4, 0.5) is 0 Å². The van der Waals surface area contributed by atoms with Crippen molar-refractivity contribution in [1.82, 2.24) is 14.5 Å². The number of carboxylic acids is 1. The summed E-state index contributed by atoms with van der Waals surface area (Å²) >= 11 is 1.16. The fourth-order valence-corrected chi connectivity index (χ4v) is 1.25. The van der Waals surface area contributed by atoms with Crippen LogP contribution < -0.4 is 0 Å². The lowest BCUT2D eigenvalue weighted by molar-refractivity contribution is 0.0680. The second-order valence-electron chi connectivity index (χ2n) is 2.10. The summed E-state index contributed by atoms with van der Waals surface area (Å²) in [7, 11) is 0. The predicted octanol–water partition coefficient (Wildman–Crippen LogP) is 0.891. The largest absolute Gasteiger partial charge is 0.475 e. The maximum Gasteiger partial charge on any atom is 0.377 e. The minimum atomic E-state index is -1.21. The fourth-order valence-electron chi connectivity index (χ4n) is 0.737. The Kier molecular flexibility index (Phi) is 1.78. The summed E-state index contributed by atoms with van der Waals surface area (Å²) in [5.74, 6) is -1.37. The van der Waals surface area contributed by atoms with Crippen LogP contribution in [0.2, 0.25) is 0 Å². The molecule has 0 radical (unpaired) electrons. The maximum atomic E-state index is 10.4. The van der Waals surface area contributed by atoms with Crippen LogP contribution in [0.1, 0.15) is 10.6 Å². The second kappa shape index (κ2) is 2.94. The monoisotopic (exact) mass is 197 g/mol. The molecule has 0 atom stereocenters. The van der Waals surface area contributed by atoms with Gasteiger partial charge in [-0.3, -0.25) is 0 Å². The summed E-state index contributed by atoms with van der Waals surface area (Å²) in [6, 6.07) is 1.67. The van der Waals surface area contributed by atoms with Gasteiger partial charge in [0.2, 0.25) is 0 Å². The summed E-state index contributed by atoms with van der Waals surface area (Å²) < 4.78 is 8.52. The third-order valence-electron chi connectivity index (χ3n) is 1.27. The molecular weight excluding hydrogens is 194 g/mol. The van der Waals surface area contributed by atoms with Gasteiger partial charge in [0, 0.05) is 6.20 Å². The summed E-state index contributed by atoms with van der Waals surface area (Å²) in [6.45, 7) is 0. The number of rotatable bonds is 2. The summed E-state index contributed by atoms with van der Waals surface area (Å²) in [6.07, 6.45) is 1.57. The molecule has 0 aliphatic carbocycles. The number of carbonyl (C=O) groups is 1. The normalized spacial score (nSPS) is 10.2. The smallest absolute Gasteiger partial charge is 0.377 e. The zero-order chi connectivity index (χ0) is 9.26. The van der Waals surface area contributed by atoms with Crippen LogP contribution in [0.3, 0.4) is 0 Å². The Labute approximate surface area is 76.0 Å². The van der Waals surface area contributed by atoms with Crippen molar-refractivity contribution in [3.63, 3.8) is 0 Å². The van der Waals surface area contributed by atoms with Gasteiger partial charge in [0.25, 0.3) is 11.7 Å². The molecule has 2 rings (SSSR count). The molecular formula is C6H3N3O3S. The predicted molar refractivity (Wildman–Crippen MR) is 42.4 cm³/mol. The fraction of sp³-hybridized carbons (Fsp3) is 0. The molecule has 6 nitrogen and oxygen atoms in total. The van der Waals surface area contributed by atoms with E-state index in [-0.39, 0.29) is 11.7 Å². The quantitative estimate of drug-likeness (QED) is 0.768. The van der Waals surface area contributed by atoms with Gasteiger partial charge in [-0.15, -0.1) is 0 Å². The van der Waals surface area contributed by atoms with E-state index in [1.807, 2.05) is 0 Å². The lowest BCUT2D eigenvalue weighted by Gasteiger charge is -1.80. The zero-order valence-electron chi connectivity index (χ0n) is 6.17. The average Bonchev–Trinajstić information content (AvgIpc) is 2.75. The van der Waals surface area contributed by atoms with Crippen molar-refractivity contribution in [2.24, 2.45) is 0 Å². The van der Waals surface area contributed by atoms with E-state index in [1.54, 1.807) is 12.3 Å². The molecule has 0 amide bonds. The molecule has 1 N–H and O–H groups in total. The molecule has 0 saturated carbocycles. The van der Waals surface area contributed by atoms with E-state index in [0.29, 0.717) is 4.88 Å². The van der Waals surface area contributed by atoms with Crippen LogP contribution >= 0.6 is 11.5 Å². The number of hydrogen-bond acceptors (Lipinski definition) is 6. The third kappa shape index (κ3) is 1.41. The van der Waals surface area contributed by atoms with Crippen molar-refractivity contribution in [2.75, 3.05) is 0 Å². The van der Waals surface area contributed by atoms with Crippen LogP contribution in [0.15, 0.2) is 16.8 Å². The molecule has 2 aromatic heterocycles. The standard InChI is InChI=1S/C6H3N3O3S/c10-6(11)4-8-5(12-9-4)3-1-2-7-13-3/h1-2H,(H,10,11). The molecule has 0 aromatic carbocycles. The molecule has 0 bridgehead atoms. The summed E-state index contributed by atoms with van der Waals surface area (Å²) in [5.41, 5.74) is 0. The summed E-state index contributed by atoms with van der Waals surface area (Å²) in [4.78, 5) is 14.7. The lowest BCUT2D eigenvalue weighted by Crippen LogP contribution is -1.97. The highest BCUT2D eigenvalue weighted by molar-refractivity contribution is 7.09. The van der Waals surface area contributed by atoms with Gasteiger partial charge in [-0.05, 0) is 22.8 Å². The number of aromatic carboxylic acids is 1. The van der Waals surface area contributed by atoms with Crippen molar-refractivity contribution in [1.29, 1.82) is 0 Å². The molecule has 7 heteroatoms. The van der Waals surface area contributed by atoms with Gasteiger partial charge in [-0.1, -0.05) is 0 Å². The van der Waals surface area contributed by atoms with Gasteiger partial charge >= 0.3 is 5.97 Å². The van der Waals surface area contributed by atoms with Crippen molar-refractivity contribution in [3.05, 3.63) is 18.1 Å². The van der Waals surface area contributed by atoms with E-state index in [9.17, 15) is 4.79 Å². The Balaban J connectivity index is 2.39. The van der Waals surface area contributed by atoms with Crippen LogP contribution in [-0.2, 0) is 0 Å². The molecule has 0 saturated heterocycles. The minimum absolute atomic E-state index is 0.180. The lowest BCUT2D eigenvalue weighted by atomic mass is 10.5. The first-order chi connectivity index (χ1) is 6.27. The van der Waals surface area contributed by atoms with Crippen molar-refractivity contribution in [2.45, 2.75) is 0 Å². The topological polar surface area (TPSA) is 89.1 Å². The highest BCUT2D eigenvalue weighted by Crippen LogP contribution is 2.19. The zero-order valence-corrected chi connectivity index (χ0v) is 6.98. The molecule has 2 heterocycles. The van der Waals surface area contributed by atoms with E-state index in [0.717, 1.165) is 11.5 Å². The van der Waals surface area contributed by atoms with Crippen LogP contribution in [0.25, 0.3) is 10.8 Å². The molecule has 66 valence electrons. The molecule has 0 aliphatic rings. The van der Waals surface area contributed by atoms with Crippen molar-refractivity contribution < 1.29 is 14.4 Å². The van der Waals surface area contributed by atoms with Gasteiger partial charge in [0.05, 0.1) is 0 Å². The number of carboxylic acid groups (broad SMARTS) is 1. The Hall–Kier alpha value is -1.76. The first-order valence-electron chi connectivity index (χ1n) is 3.25. The first-order valence-corrected chi connectivity index (χ1v) is 4.03. The Morgan fingerprint density at radius 2 is 2.46 bits per heavy atom. The molecule has 13 heavy (non-hydrogen) atoms. The molecule has 0 fully saturated rings. The Morgan fingerprint density at radius 3 is 3.00 bits per heavy atom. The van der Waals surface area contributed by atoms with Crippen LogP contribution in [0.5, 0.6) is 0 Å². The van der Waals surface area contributed by atoms with E-state index in [4.69, 9.17) is 9.63 Å². The van der Waals surface area contributed by atoms with Gasteiger partial charge in [-0.2, -0.15) is 4.98 Å². The van der Waals surface area contributed by atoms with E-state index >= 15 is 0 Å². The number of hydrogen-bond donors (Lipinski definition) is 1. The van der Waals surface area contributed by atoms with Gasteiger partial charge in [-0.25, -0.2) is 9.17 Å². The van der Waals surface area contributed by atoms with Gasteiger partial charge in [0.1, 0.15) is 4.88 Å². The third-order valence-corrected chi connectivity index (χ3v) is 2.00. The van der Waals surface area contributed by atoms with Gasteiger partial charge < -0.3 is 9.63 Å². The molecule has 2 aromatic rings. The molecule has 0 spiro atoms. The minimum Gasteiger partial charge on any atom is -0.475 e. The van der Waals surface area contributed by atoms with E-state index < -0.39 is 5.97 Å². The maximum absolute atomic E-state index is 10.4.